The molecule has 0 aromatic heterocycles. The summed E-state index contributed by atoms with van der Waals surface area (Å²) in [6, 6.07) is 0. The highest BCUT2D eigenvalue weighted by Crippen LogP contribution is 2.52. The summed E-state index contributed by atoms with van der Waals surface area (Å²) in [5.41, 5.74) is -4.58. The summed E-state index contributed by atoms with van der Waals surface area (Å²) in [4.78, 5) is 0. The SMILES string of the molecule is COP(C)(=O)CC(F)(CC(F)C(F)(F)F)C(F)(F)F. The average molecular weight is 322 g/mol. The minimum Gasteiger partial charge on any atom is -0.332 e. The van der Waals surface area contributed by atoms with E-state index in [0.29, 0.717) is 13.8 Å². The Morgan fingerprint density at radius 1 is 1.11 bits per heavy atom. The van der Waals surface area contributed by atoms with Crippen molar-refractivity contribution in [3.63, 3.8) is 0 Å². The van der Waals surface area contributed by atoms with Gasteiger partial charge in [0, 0.05) is 20.2 Å². The van der Waals surface area contributed by atoms with Crippen molar-refractivity contribution < 1.29 is 44.2 Å². The maximum absolute atomic E-state index is 13.6. The van der Waals surface area contributed by atoms with E-state index in [1.807, 2.05) is 0 Å². The lowest BCUT2D eigenvalue weighted by atomic mass is 10.00. The van der Waals surface area contributed by atoms with Crippen LogP contribution in [-0.4, -0.2) is 44.1 Å². The molecule has 0 N–H and O–H groups in total. The lowest BCUT2D eigenvalue weighted by Gasteiger charge is -2.31. The summed E-state index contributed by atoms with van der Waals surface area (Å²) in [5, 5.41) is 0. The first-order chi connectivity index (χ1) is 8.15. The van der Waals surface area contributed by atoms with Crippen molar-refractivity contribution in [2.45, 2.75) is 30.6 Å². The lowest BCUT2D eigenvalue weighted by molar-refractivity contribution is -0.248. The molecule has 0 heterocycles. The Morgan fingerprint density at radius 2 is 1.53 bits per heavy atom. The van der Waals surface area contributed by atoms with Gasteiger partial charge in [-0.2, -0.15) is 26.3 Å². The van der Waals surface area contributed by atoms with Crippen molar-refractivity contribution in [1.29, 1.82) is 0 Å². The van der Waals surface area contributed by atoms with E-state index in [9.17, 15) is 39.7 Å². The van der Waals surface area contributed by atoms with Crippen LogP contribution in [0.5, 0.6) is 0 Å². The molecule has 0 saturated carbocycles. The first-order valence-corrected chi connectivity index (χ1v) is 6.99. The molecule has 0 aromatic carbocycles. The van der Waals surface area contributed by atoms with Crippen molar-refractivity contribution >= 4 is 7.37 Å². The van der Waals surface area contributed by atoms with Crippen LogP contribution in [0.1, 0.15) is 6.42 Å². The Hall–Kier alpha value is -0.370. The Bertz CT molecular complexity index is 352. The number of halogens is 8. The molecular weight excluding hydrogens is 311 g/mol. The van der Waals surface area contributed by atoms with E-state index in [0.717, 1.165) is 0 Å². The van der Waals surface area contributed by atoms with Crippen LogP contribution in [0.2, 0.25) is 0 Å². The Labute approximate surface area is 103 Å². The lowest BCUT2D eigenvalue weighted by Crippen LogP contribution is -2.48. The quantitative estimate of drug-likeness (QED) is 0.563. The molecule has 0 aromatic rings. The standard InChI is InChI=1S/C8H11F8O2P/c1-18-19(2,17)4-6(10,8(14,15)16)3-5(9)7(11,12)13/h5H,3-4H2,1-2H3. The largest absolute Gasteiger partial charge is 0.423 e. The van der Waals surface area contributed by atoms with Crippen LogP contribution in [0.3, 0.4) is 0 Å². The van der Waals surface area contributed by atoms with Crippen LogP contribution < -0.4 is 0 Å². The zero-order valence-corrected chi connectivity index (χ0v) is 10.7. The smallest absolute Gasteiger partial charge is 0.332 e. The number of rotatable bonds is 5. The van der Waals surface area contributed by atoms with Crippen molar-refractivity contribution in [2.24, 2.45) is 0 Å². The highest BCUT2D eigenvalue weighted by Gasteiger charge is 2.61. The van der Waals surface area contributed by atoms with Gasteiger partial charge in [0.15, 0.2) is 6.17 Å². The topological polar surface area (TPSA) is 26.3 Å². The zero-order valence-electron chi connectivity index (χ0n) is 9.78. The Morgan fingerprint density at radius 3 is 1.79 bits per heavy atom. The van der Waals surface area contributed by atoms with E-state index < -0.39 is 44.1 Å². The summed E-state index contributed by atoms with van der Waals surface area (Å²) >= 11 is 0. The molecule has 0 saturated heterocycles. The van der Waals surface area contributed by atoms with Crippen LogP contribution in [0, 0.1) is 0 Å². The van der Waals surface area contributed by atoms with E-state index in [2.05, 4.69) is 4.52 Å². The minimum absolute atomic E-state index is 0.619. The Balaban J connectivity index is 5.29. The first kappa shape index (κ1) is 18.6. The summed E-state index contributed by atoms with van der Waals surface area (Å²) in [5.74, 6) is 0. The second kappa shape index (κ2) is 5.55. The van der Waals surface area contributed by atoms with Gasteiger partial charge >= 0.3 is 12.4 Å². The fraction of sp³-hybridized carbons (Fsp3) is 1.00. The molecule has 0 rings (SSSR count). The van der Waals surface area contributed by atoms with E-state index in [1.54, 1.807) is 0 Å². The van der Waals surface area contributed by atoms with Crippen molar-refractivity contribution in [3.8, 4) is 0 Å². The molecule has 116 valence electrons. The van der Waals surface area contributed by atoms with E-state index in [4.69, 9.17) is 0 Å². The monoisotopic (exact) mass is 322 g/mol. The summed E-state index contributed by atoms with van der Waals surface area (Å²) in [7, 11) is -3.41. The van der Waals surface area contributed by atoms with E-state index in [-0.39, 0.29) is 0 Å². The van der Waals surface area contributed by atoms with Gasteiger partial charge < -0.3 is 4.52 Å². The van der Waals surface area contributed by atoms with Crippen LogP contribution >= 0.6 is 7.37 Å². The van der Waals surface area contributed by atoms with E-state index >= 15 is 0 Å². The third kappa shape index (κ3) is 5.25. The molecule has 0 aliphatic heterocycles. The molecular formula is C8H11F8O2P. The molecule has 0 fully saturated rings. The predicted molar refractivity (Wildman–Crippen MR) is 50.9 cm³/mol. The fourth-order valence-corrected chi connectivity index (χ4v) is 2.54. The average Bonchev–Trinajstić information content (AvgIpc) is 2.13. The van der Waals surface area contributed by atoms with Gasteiger partial charge in [-0.25, -0.2) is 8.78 Å². The number of hydrogen-bond donors (Lipinski definition) is 0. The van der Waals surface area contributed by atoms with Gasteiger partial charge in [-0.15, -0.1) is 0 Å². The second-order valence-electron chi connectivity index (χ2n) is 4.03. The molecule has 2 nitrogen and oxygen atoms in total. The summed E-state index contributed by atoms with van der Waals surface area (Å²) in [6.45, 7) is 0.619. The molecule has 0 spiro atoms. The number of hydrogen-bond acceptors (Lipinski definition) is 2. The van der Waals surface area contributed by atoms with Gasteiger partial charge in [-0.3, -0.25) is 4.57 Å². The van der Waals surface area contributed by atoms with Crippen molar-refractivity contribution in [3.05, 3.63) is 0 Å². The highest BCUT2D eigenvalue weighted by molar-refractivity contribution is 7.58. The predicted octanol–water partition coefficient (Wildman–Crippen LogP) is 4.10. The number of alkyl halides is 8. The molecule has 0 radical (unpaired) electrons. The van der Waals surface area contributed by atoms with Gasteiger partial charge in [-0.05, 0) is 0 Å². The van der Waals surface area contributed by atoms with Crippen molar-refractivity contribution in [1.82, 2.24) is 0 Å². The maximum atomic E-state index is 13.6. The highest BCUT2D eigenvalue weighted by atomic mass is 31.2. The molecule has 3 atom stereocenters. The zero-order chi connectivity index (χ0) is 15.7. The third-order valence-electron chi connectivity index (χ3n) is 2.29. The second-order valence-corrected chi connectivity index (χ2v) is 6.74. The van der Waals surface area contributed by atoms with Crippen LogP contribution in [-0.2, 0) is 9.09 Å². The summed E-state index contributed by atoms with van der Waals surface area (Å²) in [6.07, 6.45) is -19.8. The van der Waals surface area contributed by atoms with Crippen LogP contribution in [0.25, 0.3) is 0 Å². The summed E-state index contributed by atoms with van der Waals surface area (Å²) < 4.78 is 115. The van der Waals surface area contributed by atoms with Gasteiger partial charge in [0.05, 0.1) is 6.16 Å². The van der Waals surface area contributed by atoms with Gasteiger partial charge in [0.1, 0.15) is 0 Å². The third-order valence-corrected chi connectivity index (χ3v) is 4.14. The normalized spacial score (nSPS) is 21.6. The first-order valence-electron chi connectivity index (χ1n) is 4.73. The van der Waals surface area contributed by atoms with Crippen LogP contribution in [0.4, 0.5) is 35.1 Å². The molecule has 3 unspecified atom stereocenters. The van der Waals surface area contributed by atoms with Gasteiger partial charge in [-0.1, -0.05) is 0 Å². The molecule has 0 bridgehead atoms. The minimum atomic E-state index is -5.80. The van der Waals surface area contributed by atoms with Crippen molar-refractivity contribution in [2.75, 3.05) is 19.9 Å². The van der Waals surface area contributed by atoms with Crippen LogP contribution in [0.15, 0.2) is 0 Å². The van der Waals surface area contributed by atoms with Gasteiger partial charge in [0.25, 0.3) is 0 Å². The fourth-order valence-electron chi connectivity index (χ4n) is 1.19. The molecule has 0 aliphatic rings. The Kier molecular flexibility index (Phi) is 5.45. The molecule has 11 heteroatoms. The molecule has 19 heavy (non-hydrogen) atoms. The molecule has 0 aliphatic carbocycles. The maximum Gasteiger partial charge on any atom is 0.423 e. The van der Waals surface area contributed by atoms with Gasteiger partial charge in [0.2, 0.25) is 13.0 Å². The van der Waals surface area contributed by atoms with E-state index in [1.165, 1.54) is 0 Å². The molecule has 0 amide bonds.